The second-order valence-corrected chi connectivity index (χ2v) is 9.91. The van der Waals surface area contributed by atoms with Crippen LogP contribution in [0.15, 0.2) is 66.7 Å². The van der Waals surface area contributed by atoms with Gasteiger partial charge in [-0.2, -0.15) is 0 Å². The maximum atomic E-state index is 12.8. The van der Waals surface area contributed by atoms with E-state index in [1.54, 1.807) is 13.2 Å². The number of ether oxygens (including phenoxy) is 3. The molecule has 36 heavy (non-hydrogen) atoms. The van der Waals surface area contributed by atoms with Gasteiger partial charge in [-0.15, -0.1) is 0 Å². The Labute approximate surface area is 212 Å². The summed E-state index contributed by atoms with van der Waals surface area (Å²) in [7, 11) is 1.58. The normalized spacial score (nSPS) is 12.4. The lowest BCUT2D eigenvalue weighted by Crippen LogP contribution is -2.23. The van der Waals surface area contributed by atoms with E-state index in [1.807, 2.05) is 57.2 Å². The highest BCUT2D eigenvalue weighted by atomic mass is 16.6. The van der Waals surface area contributed by atoms with Crippen LogP contribution in [-0.4, -0.2) is 31.4 Å². The fourth-order valence-corrected chi connectivity index (χ4v) is 4.58. The molecule has 6 heteroatoms. The number of amides is 1. The highest BCUT2D eigenvalue weighted by Crippen LogP contribution is 2.44. The van der Waals surface area contributed by atoms with E-state index >= 15 is 0 Å². The molecule has 0 bridgehead atoms. The Morgan fingerprint density at radius 3 is 2.17 bits per heavy atom. The summed E-state index contributed by atoms with van der Waals surface area (Å²) < 4.78 is 16.4. The monoisotopic (exact) mass is 487 g/mol. The van der Waals surface area contributed by atoms with Gasteiger partial charge in [0.2, 0.25) is 0 Å². The van der Waals surface area contributed by atoms with Crippen LogP contribution in [0.2, 0.25) is 0 Å². The molecule has 0 atom stereocenters. The summed E-state index contributed by atoms with van der Waals surface area (Å²) in [5.41, 5.74) is 5.69. The van der Waals surface area contributed by atoms with E-state index in [1.165, 1.54) is 11.1 Å². The van der Waals surface area contributed by atoms with Crippen molar-refractivity contribution < 1.29 is 23.8 Å². The second kappa shape index (κ2) is 10.9. The molecule has 1 aliphatic rings. The molecule has 0 saturated carbocycles. The Balaban J connectivity index is 1.40. The van der Waals surface area contributed by atoms with Crippen LogP contribution in [0.25, 0.3) is 11.1 Å². The SMILES string of the molecule is COc1ccc(CCCC(=O)OC(C)(C)C)c(NC(=O)OCC2c3ccccc3-c3ccccc32)c1. The smallest absolute Gasteiger partial charge is 0.411 e. The molecule has 0 unspecified atom stereocenters. The third-order valence-corrected chi connectivity index (χ3v) is 6.14. The number of carbonyl (C=O) groups is 2. The van der Waals surface area contributed by atoms with E-state index < -0.39 is 11.7 Å². The van der Waals surface area contributed by atoms with Gasteiger partial charge >= 0.3 is 12.1 Å². The van der Waals surface area contributed by atoms with Gasteiger partial charge in [-0.3, -0.25) is 10.1 Å². The largest absolute Gasteiger partial charge is 0.497 e. The fraction of sp³-hybridized carbons (Fsp3) is 0.333. The molecule has 0 spiro atoms. The summed E-state index contributed by atoms with van der Waals surface area (Å²) in [4.78, 5) is 24.9. The molecule has 1 N–H and O–H groups in total. The second-order valence-electron chi connectivity index (χ2n) is 9.91. The summed E-state index contributed by atoms with van der Waals surface area (Å²) in [6, 6.07) is 22.0. The molecule has 0 aromatic heterocycles. The average molecular weight is 488 g/mol. The first-order valence-corrected chi connectivity index (χ1v) is 12.3. The molecule has 188 valence electrons. The number of aryl methyl sites for hydroxylation is 1. The Bertz CT molecular complexity index is 1200. The predicted octanol–water partition coefficient (Wildman–Crippen LogP) is 6.72. The third kappa shape index (κ3) is 6.06. The number of hydrogen-bond acceptors (Lipinski definition) is 5. The Morgan fingerprint density at radius 1 is 0.917 bits per heavy atom. The first kappa shape index (κ1) is 25.3. The maximum Gasteiger partial charge on any atom is 0.411 e. The molecular weight excluding hydrogens is 454 g/mol. The zero-order valence-electron chi connectivity index (χ0n) is 21.3. The van der Waals surface area contributed by atoms with Gasteiger partial charge in [0, 0.05) is 18.4 Å². The summed E-state index contributed by atoms with van der Waals surface area (Å²) in [6.07, 6.45) is 0.967. The van der Waals surface area contributed by atoms with Gasteiger partial charge in [0.15, 0.2) is 0 Å². The quantitative estimate of drug-likeness (QED) is 0.357. The van der Waals surface area contributed by atoms with Gasteiger partial charge < -0.3 is 14.2 Å². The number of anilines is 1. The zero-order valence-corrected chi connectivity index (χ0v) is 21.3. The van der Waals surface area contributed by atoms with Crippen molar-refractivity contribution in [3.8, 4) is 16.9 Å². The molecule has 0 radical (unpaired) electrons. The van der Waals surface area contributed by atoms with Crippen LogP contribution in [0.1, 0.15) is 56.2 Å². The summed E-state index contributed by atoms with van der Waals surface area (Å²) in [5.74, 6) is 0.378. The van der Waals surface area contributed by atoms with Crippen molar-refractivity contribution in [3.05, 3.63) is 83.4 Å². The van der Waals surface area contributed by atoms with Gasteiger partial charge in [-0.1, -0.05) is 54.6 Å². The fourth-order valence-electron chi connectivity index (χ4n) is 4.58. The number of fused-ring (bicyclic) bond motifs is 3. The number of benzene rings is 3. The van der Waals surface area contributed by atoms with Crippen LogP contribution in [0.5, 0.6) is 5.75 Å². The lowest BCUT2D eigenvalue weighted by atomic mass is 9.98. The molecule has 0 heterocycles. The molecule has 4 rings (SSSR count). The van der Waals surface area contributed by atoms with Gasteiger partial charge in [-0.05, 0) is 67.5 Å². The van der Waals surface area contributed by atoms with E-state index in [9.17, 15) is 9.59 Å². The van der Waals surface area contributed by atoms with Gasteiger partial charge in [-0.25, -0.2) is 4.79 Å². The van der Waals surface area contributed by atoms with Crippen molar-refractivity contribution in [2.45, 2.75) is 51.6 Å². The third-order valence-electron chi connectivity index (χ3n) is 6.14. The van der Waals surface area contributed by atoms with Crippen molar-refractivity contribution in [2.75, 3.05) is 19.0 Å². The lowest BCUT2D eigenvalue weighted by molar-refractivity contribution is -0.154. The number of esters is 1. The Morgan fingerprint density at radius 2 is 1.56 bits per heavy atom. The van der Waals surface area contributed by atoms with Crippen LogP contribution < -0.4 is 10.1 Å². The Kier molecular flexibility index (Phi) is 7.63. The highest BCUT2D eigenvalue weighted by molar-refractivity contribution is 5.86. The maximum absolute atomic E-state index is 12.8. The Hall–Kier alpha value is -3.80. The molecule has 0 aliphatic heterocycles. The number of hydrogen-bond donors (Lipinski definition) is 1. The molecule has 3 aromatic rings. The lowest BCUT2D eigenvalue weighted by Gasteiger charge is -2.19. The summed E-state index contributed by atoms with van der Waals surface area (Å²) in [5, 5.41) is 2.88. The minimum Gasteiger partial charge on any atom is -0.497 e. The molecular formula is C30H33NO5. The van der Waals surface area contributed by atoms with Crippen LogP contribution in [0.4, 0.5) is 10.5 Å². The van der Waals surface area contributed by atoms with E-state index in [2.05, 4.69) is 29.6 Å². The van der Waals surface area contributed by atoms with Gasteiger partial charge in [0.05, 0.1) is 12.8 Å². The van der Waals surface area contributed by atoms with Crippen molar-refractivity contribution in [1.29, 1.82) is 0 Å². The van der Waals surface area contributed by atoms with Crippen LogP contribution in [-0.2, 0) is 20.7 Å². The average Bonchev–Trinajstić information content (AvgIpc) is 3.16. The zero-order chi connectivity index (χ0) is 25.7. The van der Waals surface area contributed by atoms with Crippen molar-refractivity contribution in [1.82, 2.24) is 0 Å². The minimum atomic E-state index is -0.529. The number of methoxy groups -OCH3 is 1. The van der Waals surface area contributed by atoms with Crippen molar-refractivity contribution >= 4 is 17.7 Å². The molecule has 1 amide bonds. The van der Waals surface area contributed by atoms with E-state index in [0.717, 1.165) is 16.7 Å². The van der Waals surface area contributed by atoms with Crippen molar-refractivity contribution in [2.24, 2.45) is 0 Å². The molecule has 3 aromatic carbocycles. The predicted molar refractivity (Wildman–Crippen MR) is 140 cm³/mol. The molecule has 0 saturated heterocycles. The summed E-state index contributed by atoms with van der Waals surface area (Å²) >= 11 is 0. The number of nitrogens with one attached hydrogen (secondary N) is 1. The van der Waals surface area contributed by atoms with Crippen LogP contribution in [0.3, 0.4) is 0 Å². The summed E-state index contributed by atoms with van der Waals surface area (Å²) in [6.45, 7) is 5.79. The number of carbonyl (C=O) groups excluding carboxylic acids is 2. The van der Waals surface area contributed by atoms with Crippen LogP contribution in [0, 0.1) is 0 Å². The van der Waals surface area contributed by atoms with E-state index in [4.69, 9.17) is 14.2 Å². The van der Waals surface area contributed by atoms with Crippen molar-refractivity contribution in [3.63, 3.8) is 0 Å². The topological polar surface area (TPSA) is 73.9 Å². The molecule has 1 aliphatic carbocycles. The molecule has 0 fully saturated rings. The standard InChI is InChI=1S/C30H33NO5/c1-30(2,3)36-28(32)15-9-10-20-16-17-21(34-4)18-27(20)31-29(33)35-19-26-24-13-7-5-11-22(24)23-12-6-8-14-25(23)26/h5-8,11-14,16-18,26H,9-10,15,19H2,1-4H3,(H,31,33). The van der Waals surface area contributed by atoms with E-state index in [-0.39, 0.29) is 18.5 Å². The first-order valence-electron chi connectivity index (χ1n) is 12.3. The van der Waals surface area contributed by atoms with Crippen LogP contribution >= 0.6 is 0 Å². The van der Waals surface area contributed by atoms with Gasteiger partial charge in [0.25, 0.3) is 0 Å². The highest BCUT2D eigenvalue weighted by Gasteiger charge is 2.29. The number of rotatable bonds is 8. The molecule has 6 nitrogen and oxygen atoms in total. The van der Waals surface area contributed by atoms with Gasteiger partial charge in [0.1, 0.15) is 18.0 Å². The first-order chi connectivity index (χ1) is 17.2. The van der Waals surface area contributed by atoms with E-state index in [0.29, 0.717) is 30.7 Å². The minimum absolute atomic E-state index is 0.0123.